The van der Waals surface area contributed by atoms with E-state index >= 15 is 0 Å². The zero-order chi connectivity index (χ0) is 21.1. The average molecular weight is 442 g/mol. The Morgan fingerprint density at radius 2 is 1.83 bits per heavy atom. The monoisotopic (exact) mass is 441 g/mol. The van der Waals surface area contributed by atoms with Gasteiger partial charge in [0.2, 0.25) is 5.91 Å². The third-order valence-electron chi connectivity index (χ3n) is 4.72. The van der Waals surface area contributed by atoms with Crippen LogP contribution in [-0.4, -0.2) is 32.7 Å². The summed E-state index contributed by atoms with van der Waals surface area (Å²) in [4.78, 5) is 23.4. The van der Waals surface area contributed by atoms with Gasteiger partial charge in [0.05, 0.1) is 0 Å². The number of hydrogen-bond donors (Lipinski definition) is 2. The molecule has 3 aromatic rings. The van der Waals surface area contributed by atoms with Gasteiger partial charge in [0.15, 0.2) is 5.16 Å². The maximum Gasteiger partial charge on any atom is 0.321 e. The normalized spacial score (nSPS) is 16.3. The summed E-state index contributed by atoms with van der Waals surface area (Å²) >= 11 is 7.64. The summed E-state index contributed by atoms with van der Waals surface area (Å²) in [5.41, 5.74) is 3.28. The lowest BCUT2D eigenvalue weighted by atomic mass is 10.1. The van der Waals surface area contributed by atoms with Crippen LogP contribution in [0.4, 0.5) is 4.79 Å². The van der Waals surface area contributed by atoms with Gasteiger partial charge in [0.25, 0.3) is 0 Å². The Morgan fingerprint density at radius 1 is 1.10 bits per heavy atom. The molecule has 1 saturated heterocycles. The summed E-state index contributed by atoms with van der Waals surface area (Å²) < 4.78 is 1.95. The second-order valence-electron chi connectivity index (χ2n) is 7.11. The minimum Gasteiger partial charge on any atom is -0.334 e. The third-order valence-corrected chi connectivity index (χ3v) is 5.97. The zero-order valence-electron chi connectivity index (χ0n) is 16.3. The second-order valence-corrected chi connectivity index (χ2v) is 8.49. The molecule has 2 N–H and O–H groups in total. The number of halogens is 1. The number of rotatable bonds is 6. The number of aryl methyl sites for hydroxylation is 1. The molecule has 0 radical (unpaired) electrons. The number of hydrogen-bond acceptors (Lipinski definition) is 5. The van der Waals surface area contributed by atoms with Crippen molar-refractivity contribution in [3.8, 4) is 5.69 Å². The number of imide groups is 1. The van der Waals surface area contributed by atoms with E-state index < -0.39 is 6.03 Å². The smallest absolute Gasteiger partial charge is 0.321 e. The summed E-state index contributed by atoms with van der Waals surface area (Å²) in [5, 5.41) is 15.1. The van der Waals surface area contributed by atoms with E-state index in [0.717, 1.165) is 16.6 Å². The first-order chi connectivity index (χ1) is 14.5. The van der Waals surface area contributed by atoms with Crippen molar-refractivity contribution in [3.63, 3.8) is 0 Å². The Balaban J connectivity index is 1.61. The molecular formula is C21H20ClN5O2S. The van der Waals surface area contributed by atoms with Crippen molar-refractivity contribution in [1.82, 2.24) is 25.4 Å². The summed E-state index contributed by atoms with van der Waals surface area (Å²) in [5.74, 6) is 1.12. The number of carbonyl (C=O) groups is 2. The number of thioether (sulfide) groups is 1. The van der Waals surface area contributed by atoms with E-state index in [1.54, 1.807) is 11.8 Å². The Bertz CT molecular complexity index is 1050. The van der Waals surface area contributed by atoms with Crippen LogP contribution in [0.1, 0.15) is 23.4 Å². The van der Waals surface area contributed by atoms with Crippen molar-refractivity contribution < 1.29 is 9.59 Å². The predicted molar refractivity (Wildman–Crippen MR) is 116 cm³/mol. The van der Waals surface area contributed by atoms with Crippen LogP contribution in [0, 0.1) is 6.92 Å². The molecular weight excluding hydrogens is 422 g/mol. The van der Waals surface area contributed by atoms with Gasteiger partial charge in [-0.1, -0.05) is 53.2 Å². The Kier molecular flexibility index (Phi) is 6.06. The van der Waals surface area contributed by atoms with Gasteiger partial charge in [0, 0.05) is 35.3 Å². The molecule has 30 heavy (non-hydrogen) atoms. The highest BCUT2D eigenvalue weighted by Crippen LogP contribution is 2.27. The average Bonchev–Trinajstić information content (AvgIpc) is 3.10. The fourth-order valence-electron chi connectivity index (χ4n) is 3.23. The van der Waals surface area contributed by atoms with Crippen LogP contribution in [0.25, 0.3) is 5.69 Å². The molecule has 4 rings (SSSR count). The van der Waals surface area contributed by atoms with Crippen LogP contribution in [0.2, 0.25) is 5.02 Å². The minimum atomic E-state index is -0.484. The lowest BCUT2D eigenvalue weighted by Crippen LogP contribution is -2.53. The summed E-state index contributed by atoms with van der Waals surface area (Å²) in [6, 6.07) is 15.0. The van der Waals surface area contributed by atoms with Crippen molar-refractivity contribution >= 4 is 35.3 Å². The van der Waals surface area contributed by atoms with Gasteiger partial charge in [-0.15, -0.1) is 10.2 Å². The van der Waals surface area contributed by atoms with Crippen LogP contribution in [0.3, 0.4) is 0 Å². The topological polar surface area (TPSA) is 88.9 Å². The minimum absolute atomic E-state index is 0.199. The molecule has 9 heteroatoms. The lowest BCUT2D eigenvalue weighted by Gasteiger charge is -2.23. The number of nitrogens with one attached hydrogen (secondary N) is 2. The lowest BCUT2D eigenvalue weighted by molar-refractivity contribution is -0.121. The maximum absolute atomic E-state index is 11.7. The van der Waals surface area contributed by atoms with Crippen molar-refractivity contribution in [2.24, 2.45) is 0 Å². The zero-order valence-corrected chi connectivity index (χ0v) is 17.8. The van der Waals surface area contributed by atoms with Crippen LogP contribution in [-0.2, 0) is 17.0 Å². The summed E-state index contributed by atoms with van der Waals surface area (Å²) in [6.45, 7) is 2.06. The first-order valence-electron chi connectivity index (χ1n) is 9.47. The highest BCUT2D eigenvalue weighted by molar-refractivity contribution is 7.98. The molecule has 1 atom stereocenters. The molecule has 2 aromatic carbocycles. The molecule has 0 aliphatic carbocycles. The molecule has 0 saturated carbocycles. The first-order valence-corrected chi connectivity index (χ1v) is 10.8. The Morgan fingerprint density at radius 3 is 2.53 bits per heavy atom. The van der Waals surface area contributed by atoms with E-state index in [2.05, 4.69) is 52.0 Å². The third kappa shape index (κ3) is 4.83. The summed E-state index contributed by atoms with van der Waals surface area (Å²) in [7, 11) is 0. The maximum atomic E-state index is 11.7. The van der Waals surface area contributed by atoms with Gasteiger partial charge in [0.1, 0.15) is 5.82 Å². The molecule has 7 nitrogen and oxygen atoms in total. The Hall–Kier alpha value is -2.84. The second kappa shape index (κ2) is 8.89. The van der Waals surface area contributed by atoms with Crippen LogP contribution in [0.5, 0.6) is 0 Å². The van der Waals surface area contributed by atoms with Crippen LogP contribution < -0.4 is 10.6 Å². The van der Waals surface area contributed by atoms with E-state index in [0.29, 0.717) is 17.3 Å². The van der Waals surface area contributed by atoms with E-state index in [9.17, 15) is 9.59 Å². The molecule has 1 fully saturated rings. The molecule has 1 aliphatic rings. The molecule has 0 spiro atoms. The van der Waals surface area contributed by atoms with E-state index in [1.165, 1.54) is 11.1 Å². The van der Waals surface area contributed by atoms with E-state index in [1.807, 2.05) is 28.8 Å². The molecule has 154 valence electrons. The molecule has 1 aliphatic heterocycles. The largest absolute Gasteiger partial charge is 0.334 e. The van der Waals surface area contributed by atoms with Gasteiger partial charge < -0.3 is 5.32 Å². The van der Waals surface area contributed by atoms with Gasteiger partial charge >= 0.3 is 6.03 Å². The predicted octanol–water partition coefficient (Wildman–Crippen LogP) is 3.66. The number of carbonyl (C=O) groups excluding carboxylic acids is 2. The Labute approximate surface area is 183 Å². The fourth-order valence-corrected chi connectivity index (χ4v) is 4.28. The number of aromatic nitrogens is 3. The van der Waals surface area contributed by atoms with E-state index in [4.69, 9.17) is 11.6 Å². The van der Waals surface area contributed by atoms with Crippen LogP contribution in [0.15, 0.2) is 53.7 Å². The van der Waals surface area contributed by atoms with Gasteiger partial charge in [-0.25, -0.2) is 4.79 Å². The SMILES string of the molecule is Cc1ccc(CSc2nnc(CC3CC(=O)NC(=O)N3)n2-c2ccc(Cl)cc2)cc1. The molecule has 2 heterocycles. The van der Waals surface area contributed by atoms with Crippen molar-refractivity contribution in [2.75, 3.05) is 0 Å². The van der Waals surface area contributed by atoms with Crippen LogP contribution >= 0.6 is 23.4 Å². The fraction of sp³-hybridized carbons (Fsp3) is 0.238. The molecule has 0 bridgehead atoms. The standard InChI is InChI=1S/C21H20ClN5O2S/c1-13-2-4-14(5-3-13)12-30-21-26-25-18(10-16-11-19(28)24-20(29)23-16)27(21)17-8-6-15(22)7-9-17/h2-9,16H,10-12H2,1H3,(H2,23,24,28,29). The van der Waals surface area contributed by atoms with Gasteiger partial charge in [-0.05, 0) is 36.8 Å². The number of nitrogens with zero attached hydrogens (tertiary/aromatic N) is 3. The van der Waals surface area contributed by atoms with Crippen molar-refractivity contribution in [2.45, 2.75) is 36.7 Å². The van der Waals surface area contributed by atoms with Crippen molar-refractivity contribution in [1.29, 1.82) is 0 Å². The number of amides is 3. The number of urea groups is 1. The quantitative estimate of drug-likeness (QED) is 0.570. The van der Waals surface area contributed by atoms with E-state index in [-0.39, 0.29) is 18.4 Å². The summed E-state index contributed by atoms with van der Waals surface area (Å²) in [6.07, 6.45) is 0.588. The highest BCUT2D eigenvalue weighted by Gasteiger charge is 2.26. The number of benzene rings is 2. The molecule has 3 amide bonds. The first kappa shape index (κ1) is 20.4. The molecule has 1 unspecified atom stereocenters. The van der Waals surface area contributed by atoms with Gasteiger partial charge in [-0.2, -0.15) is 0 Å². The molecule has 1 aromatic heterocycles. The van der Waals surface area contributed by atoms with Crippen molar-refractivity contribution in [3.05, 3.63) is 70.5 Å². The highest BCUT2D eigenvalue weighted by atomic mass is 35.5. The van der Waals surface area contributed by atoms with Gasteiger partial charge in [-0.3, -0.25) is 14.7 Å².